The molecular formula is C22H20BrF2N5OS2. The summed E-state index contributed by atoms with van der Waals surface area (Å²) >= 11 is 6.18. The lowest BCUT2D eigenvalue weighted by atomic mass is 10.1. The summed E-state index contributed by atoms with van der Waals surface area (Å²) in [6, 6.07) is 12.5. The second-order valence-electron chi connectivity index (χ2n) is 6.99. The molecule has 1 aliphatic heterocycles. The standard InChI is InChI=1S/C13H14FN3OS.C9H6BrFN2S/c14-10-3-1-9(2-4-10)11-12(19-13(15)16-11)17-5-7-18-8-6-17;10-8-7(13-9(12)14-8)5-1-3-6(11)4-2-5/h1-4H,5-8H2,(H2,15,16);1-4H,(H2,12,13). The van der Waals surface area contributed by atoms with Gasteiger partial charge in [-0.15, -0.1) is 0 Å². The van der Waals surface area contributed by atoms with Gasteiger partial charge in [-0.05, 0) is 64.5 Å². The molecule has 0 amide bonds. The van der Waals surface area contributed by atoms with Crippen molar-refractivity contribution in [3.8, 4) is 22.5 Å². The smallest absolute Gasteiger partial charge is 0.182 e. The molecule has 0 atom stereocenters. The average Bonchev–Trinajstić information content (AvgIpc) is 3.37. The van der Waals surface area contributed by atoms with Gasteiger partial charge < -0.3 is 21.1 Å². The number of benzene rings is 2. The summed E-state index contributed by atoms with van der Waals surface area (Å²) in [7, 11) is 0. The number of hydrogen-bond donors (Lipinski definition) is 2. The van der Waals surface area contributed by atoms with Crippen LogP contribution in [-0.2, 0) is 4.74 Å². The molecule has 2 aromatic carbocycles. The second kappa shape index (κ2) is 10.6. The number of thiazole rings is 2. The highest BCUT2D eigenvalue weighted by atomic mass is 79.9. The van der Waals surface area contributed by atoms with Gasteiger partial charge in [0.25, 0.3) is 0 Å². The number of morpholine rings is 1. The van der Waals surface area contributed by atoms with Crippen molar-refractivity contribution in [2.24, 2.45) is 0 Å². The van der Waals surface area contributed by atoms with Crippen LogP contribution in [-0.4, -0.2) is 36.3 Å². The molecule has 4 N–H and O–H groups in total. The van der Waals surface area contributed by atoms with E-state index in [-0.39, 0.29) is 11.6 Å². The van der Waals surface area contributed by atoms with Gasteiger partial charge in [0.1, 0.15) is 22.3 Å². The van der Waals surface area contributed by atoms with Gasteiger partial charge in [-0.3, -0.25) is 0 Å². The van der Waals surface area contributed by atoms with Crippen molar-refractivity contribution in [2.75, 3.05) is 42.7 Å². The Morgan fingerprint density at radius 2 is 1.27 bits per heavy atom. The molecule has 5 rings (SSSR count). The molecule has 6 nitrogen and oxygen atoms in total. The van der Waals surface area contributed by atoms with Gasteiger partial charge in [0.15, 0.2) is 10.3 Å². The molecule has 33 heavy (non-hydrogen) atoms. The lowest BCUT2D eigenvalue weighted by molar-refractivity contribution is 0.123. The van der Waals surface area contributed by atoms with Crippen LogP contribution in [0.5, 0.6) is 0 Å². The van der Waals surface area contributed by atoms with E-state index in [1.54, 1.807) is 24.3 Å². The Hall–Kier alpha value is -2.60. The first-order chi connectivity index (χ1) is 15.9. The first-order valence-corrected chi connectivity index (χ1v) is 12.4. The summed E-state index contributed by atoms with van der Waals surface area (Å²) in [4.78, 5) is 10.7. The molecule has 1 saturated heterocycles. The quantitative estimate of drug-likeness (QED) is 0.341. The minimum atomic E-state index is -0.256. The Morgan fingerprint density at radius 3 is 1.79 bits per heavy atom. The molecule has 0 unspecified atom stereocenters. The number of hydrogen-bond acceptors (Lipinski definition) is 8. The summed E-state index contributed by atoms with van der Waals surface area (Å²) in [5, 5.41) is 2.06. The molecule has 0 saturated carbocycles. The summed E-state index contributed by atoms with van der Waals surface area (Å²) in [5.74, 6) is -0.507. The van der Waals surface area contributed by atoms with Crippen LogP contribution in [0.1, 0.15) is 0 Å². The largest absolute Gasteiger partial charge is 0.378 e. The predicted molar refractivity (Wildman–Crippen MR) is 135 cm³/mol. The number of anilines is 3. The van der Waals surface area contributed by atoms with Gasteiger partial charge in [0, 0.05) is 24.2 Å². The van der Waals surface area contributed by atoms with E-state index in [1.165, 1.54) is 46.9 Å². The number of nitrogens with two attached hydrogens (primary N) is 2. The Morgan fingerprint density at radius 1 is 0.788 bits per heavy atom. The minimum Gasteiger partial charge on any atom is -0.378 e. The zero-order valence-electron chi connectivity index (χ0n) is 17.3. The summed E-state index contributed by atoms with van der Waals surface area (Å²) in [5.41, 5.74) is 14.7. The summed E-state index contributed by atoms with van der Waals surface area (Å²) in [6.45, 7) is 3.08. The Balaban J connectivity index is 0.000000165. The molecule has 11 heteroatoms. The average molecular weight is 552 g/mol. The first kappa shape index (κ1) is 23.6. The van der Waals surface area contributed by atoms with Gasteiger partial charge >= 0.3 is 0 Å². The number of aromatic nitrogens is 2. The van der Waals surface area contributed by atoms with Crippen molar-refractivity contribution in [1.29, 1.82) is 0 Å². The first-order valence-electron chi connectivity index (χ1n) is 9.93. The van der Waals surface area contributed by atoms with Crippen molar-refractivity contribution in [1.82, 2.24) is 9.97 Å². The third kappa shape index (κ3) is 5.85. The molecular weight excluding hydrogens is 532 g/mol. The summed E-state index contributed by atoms with van der Waals surface area (Å²) in [6.07, 6.45) is 0. The molecule has 172 valence electrons. The number of halogens is 3. The number of ether oxygens (including phenoxy) is 1. The number of nitrogens with zero attached hydrogens (tertiary/aromatic N) is 3. The fourth-order valence-electron chi connectivity index (χ4n) is 3.21. The van der Waals surface area contributed by atoms with Gasteiger partial charge in [-0.2, -0.15) is 0 Å². The zero-order valence-corrected chi connectivity index (χ0v) is 20.5. The van der Waals surface area contributed by atoms with Gasteiger partial charge in [-0.25, -0.2) is 18.7 Å². The van der Waals surface area contributed by atoms with E-state index in [4.69, 9.17) is 16.2 Å². The molecule has 1 aliphatic rings. The molecule has 0 spiro atoms. The SMILES string of the molecule is Nc1nc(-c2ccc(F)cc2)c(Br)s1.Nc1nc(-c2ccc(F)cc2)c(N2CCOCC2)s1. The highest BCUT2D eigenvalue weighted by molar-refractivity contribution is 9.11. The van der Waals surface area contributed by atoms with E-state index in [2.05, 4.69) is 30.8 Å². The Labute approximate surface area is 206 Å². The van der Waals surface area contributed by atoms with E-state index < -0.39 is 0 Å². The monoisotopic (exact) mass is 551 g/mol. The molecule has 1 fully saturated rings. The van der Waals surface area contributed by atoms with Crippen LogP contribution in [0.15, 0.2) is 52.3 Å². The molecule has 0 aliphatic carbocycles. The third-order valence-corrected chi connectivity index (χ3v) is 7.24. The van der Waals surface area contributed by atoms with Crippen LogP contribution >= 0.6 is 38.6 Å². The Bertz CT molecular complexity index is 1210. The highest BCUT2D eigenvalue weighted by Gasteiger charge is 2.20. The van der Waals surface area contributed by atoms with Crippen molar-refractivity contribution in [3.05, 3.63) is 64.0 Å². The van der Waals surface area contributed by atoms with Gasteiger partial charge in [-0.1, -0.05) is 22.7 Å². The van der Waals surface area contributed by atoms with Crippen LogP contribution in [0.25, 0.3) is 22.5 Å². The van der Waals surface area contributed by atoms with E-state index in [0.717, 1.165) is 44.4 Å². The maximum atomic E-state index is 13.0. The normalized spacial score (nSPS) is 13.5. The van der Waals surface area contributed by atoms with Crippen LogP contribution in [0.2, 0.25) is 0 Å². The molecule has 0 bridgehead atoms. The lowest BCUT2D eigenvalue weighted by Gasteiger charge is -2.27. The van der Waals surface area contributed by atoms with Crippen LogP contribution in [0.3, 0.4) is 0 Å². The van der Waals surface area contributed by atoms with Crippen molar-refractivity contribution in [2.45, 2.75) is 0 Å². The zero-order chi connectivity index (χ0) is 23.4. The van der Waals surface area contributed by atoms with Gasteiger partial charge in [0.05, 0.1) is 22.7 Å². The highest BCUT2D eigenvalue weighted by Crippen LogP contribution is 2.38. The van der Waals surface area contributed by atoms with Crippen LogP contribution < -0.4 is 16.4 Å². The van der Waals surface area contributed by atoms with Crippen molar-refractivity contribution >= 4 is 53.9 Å². The van der Waals surface area contributed by atoms with E-state index >= 15 is 0 Å². The van der Waals surface area contributed by atoms with Crippen LogP contribution in [0, 0.1) is 11.6 Å². The lowest BCUT2D eigenvalue weighted by Crippen LogP contribution is -2.35. The molecule has 4 aromatic rings. The third-order valence-electron chi connectivity index (χ3n) is 4.76. The fraction of sp³-hybridized carbons (Fsp3) is 0.182. The van der Waals surface area contributed by atoms with E-state index in [0.29, 0.717) is 23.5 Å². The topological polar surface area (TPSA) is 90.3 Å². The second-order valence-corrected chi connectivity index (χ2v) is 10.4. The summed E-state index contributed by atoms with van der Waals surface area (Å²) < 4.78 is 31.9. The molecule has 2 aromatic heterocycles. The van der Waals surface area contributed by atoms with Crippen molar-refractivity contribution < 1.29 is 13.5 Å². The maximum absolute atomic E-state index is 13.0. The van der Waals surface area contributed by atoms with Crippen molar-refractivity contribution in [3.63, 3.8) is 0 Å². The predicted octanol–water partition coefficient (Wildman–Crippen LogP) is 5.66. The molecule has 3 heterocycles. The number of nitrogen functional groups attached to an aromatic ring is 2. The van der Waals surface area contributed by atoms with E-state index in [1.807, 2.05) is 0 Å². The Kier molecular flexibility index (Phi) is 7.53. The molecule has 0 radical (unpaired) electrons. The maximum Gasteiger partial charge on any atom is 0.182 e. The van der Waals surface area contributed by atoms with E-state index in [9.17, 15) is 8.78 Å². The van der Waals surface area contributed by atoms with Crippen LogP contribution in [0.4, 0.5) is 24.0 Å². The fourth-order valence-corrected chi connectivity index (χ4v) is 5.51. The minimum absolute atomic E-state index is 0.250. The number of rotatable bonds is 3. The van der Waals surface area contributed by atoms with Gasteiger partial charge in [0.2, 0.25) is 0 Å².